The highest BCUT2D eigenvalue weighted by atomic mass is 16.5. The van der Waals surface area contributed by atoms with Crippen LogP contribution in [-0.2, 0) is 19.1 Å². The average molecular weight is 297 g/mol. The monoisotopic (exact) mass is 297 g/mol. The molecule has 1 aliphatic heterocycles. The highest BCUT2D eigenvalue weighted by Gasteiger charge is 2.40. The summed E-state index contributed by atoms with van der Waals surface area (Å²) in [6.45, 7) is 2.62. The van der Waals surface area contributed by atoms with E-state index >= 15 is 0 Å². The summed E-state index contributed by atoms with van der Waals surface area (Å²) in [6.07, 6.45) is 3.97. The molecule has 3 unspecified atom stereocenters. The number of piperidine rings is 1. The Kier molecular flexibility index (Phi) is 5.20. The second-order valence-corrected chi connectivity index (χ2v) is 5.84. The van der Waals surface area contributed by atoms with Crippen LogP contribution in [0.4, 0.5) is 0 Å². The van der Waals surface area contributed by atoms with E-state index in [1.165, 1.54) is 0 Å². The van der Waals surface area contributed by atoms with Crippen LogP contribution in [-0.4, -0.2) is 47.0 Å². The minimum Gasteiger partial charge on any atom is -0.481 e. The van der Waals surface area contributed by atoms with Gasteiger partial charge in [-0.3, -0.25) is 9.59 Å². The van der Waals surface area contributed by atoms with Gasteiger partial charge in [-0.1, -0.05) is 0 Å². The van der Waals surface area contributed by atoms with Gasteiger partial charge in [0.2, 0.25) is 5.91 Å². The maximum absolute atomic E-state index is 12.6. The average Bonchev–Trinajstić information content (AvgIpc) is 2.97. The number of carbonyl (C=O) groups is 3. The van der Waals surface area contributed by atoms with Gasteiger partial charge in [0.25, 0.3) is 0 Å². The lowest BCUT2D eigenvalue weighted by molar-refractivity contribution is -0.158. The summed E-state index contributed by atoms with van der Waals surface area (Å²) in [5, 5.41) is 9.03. The van der Waals surface area contributed by atoms with Gasteiger partial charge in [-0.2, -0.15) is 0 Å². The second-order valence-electron chi connectivity index (χ2n) is 5.84. The number of hydrogen-bond donors (Lipinski definition) is 1. The fraction of sp³-hybridized carbons (Fsp3) is 0.800. The summed E-state index contributed by atoms with van der Waals surface area (Å²) in [5.41, 5.74) is 0. The van der Waals surface area contributed by atoms with Crippen molar-refractivity contribution in [2.45, 2.75) is 51.5 Å². The van der Waals surface area contributed by atoms with Crippen molar-refractivity contribution in [3.63, 3.8) is 0 Å². The molecule has 0 aromatic rings. The van der Waals surface area contributed by atoms with Gasteiger partial charge in [0.1, 0.15) is 6.04 Å². The predicted molar refractivity (Wildman–Crippen MR) is 74.5 cm³/mol. The Bertz CT molecular complexity index is 422. The Balaban J connectivity index is 2.02. The number of carbonyl (C=O) groups excluding carboxylic acids is 2. The molecular formula is C15H23NO5. The molecule has 2 rings (SSSR count). The van der Waals surface area contributed by atoms with Gasteiger partial charge in [0.15, 0.2) is 0 Å². The first-order chi connectivity index (χ1) is 10.0. The van der Waals surface area contributed by atoms with E-state index in [0.29, 0.717) is 38.8 Å². The molecule has 0 aromatic heterocycles. The van der Waals surface area contributed by atoms with E-state index in [2.05, 4.69) is 0 Å². The van der Waals surface area contributed by atoms with Gasteiger partial charge in [0.05, 0.1) is 12.5 Å². The lowest BCUT2D eigenvalue weighted by Gasteiger charge is -2.35. The van der Waals surface area contributed by atoms with E-state index in [9.17, 15) is 14.4 Å². The van der Waals surface area contributed by atoms with Crippen molar-refractivity contribution in [2.24, 2.45) is 11.8 Å². The quantitative estimate of drug-likeness (QED) is 0.794. The first-order valence-electron chi connectivity index (χ1n) is 7.74. The van der Waals surface area contributed by atoms with Crippen LogP contribution in [0.2, 0.25) is 0 Å². The van der Waals surface area contributed by atoms with Crippen molar-refractivity contribution in [2.75, 3.05) is 13.2 Å². The maximum atomic E-state index is 12.6. The molecule has 1 heterocycles. The van der Waals surface area contributed by atoms with E-state index in [4.69, 9.17) is 9.84 Å². The number of esters is 1. The first kappa shape index (κ1) is 15.8. The van der Waals surface area contributed by atoms with Crippen molar-refractivity contribution < 1.29 is 24.2 Å². The molecule has 0 spiro atoms. The van der Waals surface area contributed by atoms with Crippen molar-refractivity contribution in [1.82, 2.24) is 4.90 Å². The lowest BCUT2D eigenvalue weighted by Crippen LogP contribution is -2.50. The van der Waals surface area contributed by atoms with Crippen LogP contribution >= 0.6 is 0 Å². The summed E-state index contributed by atoms with van der Waals surface area (Å²) < 4.78 is 5.06. The summed E-state index contributed by atoms with van der Waals surface area (Å²) in [4.78, 5) is 37.2. The van der Waals surface area contributed by atoms with Crippen LogP contribution in [0.25, 0.3) is 0 Å². The lowest BCUT2D eigenvalue weighted by atomic mass is 9.97. The number of amides is 1. The Hall–Kier alpha value is -1.59. The maximum Gasteiger partial charge on any atom is 0.328 e. The van der Waals surface area contributed by atoms with Crippen LogP contribution in [0, 0.1) is 11.8 Å². The smallest absolute Gasteiger partial charge is 0.328 e. The molecule has 0 aromatic carbocycles. The number of nitrogens with zero attached hydrogens (tertiary/aromatic N) is 1. The van der Waals surface area contributed by atoms with Gasteiger partial charge in [0, 0.05) is 12.5 Å². The highest BCUT2D eigenvalue weighted by molar-refractivity contribution is 5.87. The van der Waals surface area contributed by atoms with Crippen LogP contribution < -0.4 is 0 Å². The molecule has 6 heteroatoms. The molecule has 0 bridgehead atoms. The summed E-state index contributed by atoms with van der Waals surface area (Å²) in [5.74, 6) is -1.92. The number of ether oxygens (including phenoxy) is 1. The van der Waals surface area contributed by atoms with Gasteiger partial charge in [-0.25, -0.2) is 4.79 Å². The summed E-state index contributed by atoms with van der Waals surface area (Å²) in [6, 6.07) is -0.491. The fourth-order valence-electron chi connectivity index (χ4n) is 3.34. The van der Waals surface area contributed by atoms with Gasteiger partial charge in [-0.05, 0) is 45.4 Å². The largest absolute Gasteiger partial charge is 0.481 e. The molecule has 2 aliphatic rings. The third kappa shape index (κ3) is 3.54. The van der Waals surface area contributed by atoms with Crippen LogP contribution in [0.1, 0.15) is 45.4 Å². The zero-order valence-corrected chi connectivity index (χ0v) is 12.4. The number of rotatable bonds is 4. The Morgan fingerprint density at radius 3 is 2.48 bits per heavy atom. The molecule has 118 valence electrons. The molecule has 1 N–H and O–H groups in total. The molecule has 1 saturated heterocycles. The zero-order chi connectivity index (χ0) is 15.4. The normalized spacial score (nSPS) is 29.2. The van der Waals surface area contributed by atoms with Crippen molar-refractivity contribution in [3.8, 4) is 0 Å². The van der Waals surface area contributed by atoms with Crippen molar-refractivity contribution in [3.05, 3.63) is 0 Å². The number of carboxylic acid groups (broad SMARTS) is 1. The zero-order valence-electron chi connectivity index (χ0n) is 12.4. The third-order valence-corrected chi connectivity index (χ3v) is 4.48. The Labute approximate surface area is 124 Å². The molecular weight excluding hydrogens is 274 g/mol. The van der Waals surface area contributed by atoms with E-state index in [1.54, 1.807) is 11.8 Å². The third-order valence-electron chi connectivity index (χ3n) is 4.48. The molecule has 6 nitrogen and oxygen atoms in total. The van der Waals surface area contributed by atoms with Crippen molar-refractivity contribution >= 4 is 17.8 Å². The Morgan fingerprint density at radius 1 is 1.14 bits per heavy atom. The van der Waals surface area contributed by atoms with Crippen molar-refractivity contribution in [1.29, 1.82) is 0 Å². The number of carboxylic acids is 1. The highest BCUT2D eigenvalue weighted by Crippen LogP contribution is 2.34. The van der Waals surface area contributed by atoms with E-state index < -0.39 is 17.9 Å². The molecule has 0 radical (unpaired) electrons. The predicted octanol–water partition coefficient (Wildman–Crippen LogP) is 1.43. The van der Waals surface area contributed by atoms with Crippen LogP contribution in [0.15, 0.2) is 0 Å². The topological polar surface area (TPSA) is 83.9 Å². The molecule has 3 atom stereocenters. The van der Waals surface area contributed by atoms with E-state index in [-0.39, 0.29) is 17.8 Å². The Morgan fingerprint density at radius 2 is 1.86 bits per heavy atom. The van der Waals surface area contributed by atoms with Gasteiger partial charge >= 0.3 is 11.9 Å². The molecule has 1 saturated carbocycles. The van der Waals surface area contributed by atoms with E-state index in [0.717, 1.165) is 12.8 Å². The summed E-state index contributed by atoms with van der Waals surface area (Å²) in [7, 11) is 0. The second kappa shape index (κ2) is 6.91. The molecule has 21 heavy (non-hydrogen) atoms. The minimum atomic E-state index is -0.828. The number of likely N-dealkylation sites (tertiary alicyclic amines) is 1. The first-order valence-corrected chi connectivity index (χ1v) is 7.74. The van der Waals surface area contributed by atoms with Crippen LogP contribution in [0.3, 0.4) is 0 Å². The van der Waals surface area contributed by atoms with Gasteiger partial charge in [-0.15, -0.1) is 0 Å². The fourth-order valence-corrected chi connectivity index (χ4v) is 3.34. The molecule has 2 fully saturated rings. The van der Waals surface area contributed by atoms with E-state index in [1.807, 2.05) is 0 Å². The summed E-state index contributed by atoms with van der Waals surface area (Å²) >= 11 is 0. The number of hydrogen-bond acceptors (Lipinski definition) is 4. The number of aliphatic carboxylic acids is 1. The SMILES string of the molecule is CCOC(=O)C1CCCCN1C(=O)C1CCC(C(=O)O)C1. The van der Waals surface area contributed by atoms with Crippen LogP contribution in [0.5, 0.6) is 0 Å². The molecule has 1 amide bonds. The standard InChI is InChI=1S/C15H23NO5/c1-2-21-15(20)12-5-3-4-8-16(12)13(17)10-6-7-11(9-10)14(18)19/h10-12H,2-9H2,1H3,(H,18,19). The minimum absolute atomic E-state index is 0.0727. The molecule has 1 aliphatic carbocycles. The van der Waals surface area contributed by atoms with Gasteiger partial charge < -0.3 is 14.7 Å².